The van der Waals surface area contributed by atoms with Crippen LogP contribution < -0.4 is 5.32 Å². The van der Waals surface area contributed by atoms with Crippen LogP contribution in [0.2, 0.25) is 0 Å². The third-order valence-corrected chi connectivity index (χ3v) is 4.08. The molecule has 94 valence electrons. The molecule has 2 heteroatoms. The molecule has 0 saturated heterocycles. The van der Waals surface area contributed by atoms with Gasteiger partial charge in [-0.2, -0.15) is 0 Å². The fraction of sp³-hybridized carbons (Fsp3) is 0.467. The number of allylic oxidation sites excluding steroid dienone is 1. The van der Waals surface area contributed by atoms with Gasteiger partial charge in [-0.05, 0) is 37.9 Å². The minimum absolute atomic E-state index is 0.586. The minimum atomic E-state index is 0.586. The second kappa shape index (κ2) is 8.37. The Labute approximate surface area is 110 Å². The zero-order valence-corrected chi connectivity index (χ0v) is 11.7. The van der Waals surface area contributed by atoms with Crippen LogP contribution in [0.5, 0.6) is 0 Å². The Hall–Kier alpha value is -0.730. The van der Waals surface area contributed by atoms with Crippen molar-refractivity contribution in [2.45, 2.75) is 37.6 Å². The molecular formula is C15H23NS. The lowest BCUT2D eigenvalue weighted by atomic mass is 10.2. The van der Waals surface area contributed by atoms with Crippen LogP contribution in [0.1, 0.15) is 25.3 Å². The SMILES string of the molecule is C=CCCC(CSc1ccccc1C)NCC. The Bertz CT molecular complexity index is 335. The number of hydrogen-bond acceptors (Lipinski definition) is 2. The molecule has 0 aliphatic carbocycles. The highest BCUT2D eigenvalue weighted by Crippen LogP contribution is 2.23. The smallest absolute Gasteiger partial charge is 0.0164 e. The monoisotopic (exact) mass is 249 g/mol. The van der Waals surface area contributed by atoms with Crippen molar-refractivity contribution in [1.82, 2.24) is 5.32 Å². The van der Waals surface area contributed by atoms with Gasteiger partial charge in [0.05, 0.1) is 0 Å². The lowest BCUT2D eigenvalue weighted by molar-refractivity contribution is 0.542. The molecule has 0 aliphatic heterocycles. The van der Waals surface area contributed by atoms with Gasteiger partial charge in [0.1, 0.15) is 0 Å². The molecule has 1 atom stereocenters. The van der Waals surface area contributed by atoms with Crippen LogP contribution >= 0.6 is 11.8 Å². The molecular weight excluding hydrogens is 226 g/mol. The van der Waals surface area contributed by atoms with Crippen molar-refractivity contribution in [3.05, 3.63) is 42.5 Å². The summed E-state index contributed by atoms with van der Waals surface area (Å²) in [6.45, 7) is 9.17. The van der Waals surface area contributed by atoms with Gasteiger partial charge in [-0.3, -0.25) is 0 Å². The Kier molecular flexibility index (Phi) is 7.06. The van der Waals surface area contributed by atoms with Crippen molar-refractivity contribution in [3.8, 4) is 0 Å². The molecule has 0 fully saturated rings. The van der Waals surface area contributed by atoms with E-state index in [9.17, 15) is 0 Å². The maximum absolute atomic E-state index is 3.79. The van der Waals surface area contributed by atoms with Gasteiger partial charge in [-0.15, -0.1) is 18.3 Å². The molecule has 1 nitrogen and oxygen atoms in total. The van der Waals surface area contributed by atoms with Crippen LogP contribution in [0.25, 0.3) is 0 Å². The quantitative estimate of drug-likeness (QED) is 0.551. The highest BCUT2D eigenvalue weighted by atomic mass is 32.2. The zero-order chi connectivity index (χ0) is 12.5. The number of rotatable bonds is 8. The molecule has 0 bridgehead atoms. The second-order valence-corrected chi connectivity index (χ2v) is 5.26. The van der Waals surface area contributed by atoms with E-state index in [1.54, 1.807) is 0 Å². The fourth-order valence-electron chi connectivity index (χ4n) is 1.76. The summed E-state index contributed by atoms with van der Waals surface area (Å²) in [7, 11) is 0. The van der Waals surface area contributed by atoms with E-state index < -0.39 is 0 Å². The van der Waals surface area contributed by atoms with E-state index in [-0.39, 0.29) is 0 Å². The van der Waals surface area contributed by atoms with E-state index in [0.717, 1.165) is 18.7 Å². The van der Waals surface area contributed by atoms with Crippen molar-refractivity contribution in [3.63, 3.8) is 0 Å². The minimum Gasteiger partial charge on any atom is -0.313 e. The topological polar surface area (TPSA) is 12.0 Å². The highest BCUT2D eigenvalue weighted by molar-refractivity contribution is 7.99. The van der Waals surface area contributed by atoms with E-state index in [1.807, 2.05) is 17.8 Å². The van der Waals surface area contributed by atoms with Gasteiger partial charge < -0.3 is 5.32 Å². The number of nitrogens with one attached hydrogen (secondary N) is 1. The summed E-state index contributed by atoms with van der Waals surface area (Å²) in [5.74, 6) is 1.13. The largest absolute Gasteiger partial charge is 0.313 e. The molecule has 17 heavy (non-hydrogen) atoms. The Morgan fingerprint density at radius 3 is 2.82 bits per heavy atom. The summed E-state index contributed by atoms with van der Waals surface area (Å²) in [5, 5.41) is 3.54. The lowest BCUT2D eigenvalue weighted by Crippen LogP contribution is -2.30. The van der Waals surface area contributed by atoms with Gasteiger partial charge in [0.25, 0.3) is 0 Å². The average molecular weight is 249 g/mol. The van der Waals surface area contributed by atoms with Gasteiger partial charge in [0.2, 0.25) is 0 Å². The van der Waals surface area contributed by atoms with E-state index in [4.69, 9.17) is 0 Å². The Morgan fingerprint density at radius 1 is 1.41 bits per heavy atom. The second-order valence-electron chi connectivity index (χ2n) is 4.20. The van der Waals surface area contributed by atoms with Crippen molar-refractivity contribution in [2.75, 3.05) is 12.3 Å². The molecule has 0 amide bonds. The van der Waals surface area contributed by atoms with Crippen molar-refractivity contribution in [1.29, 1.82) is 0 Å². The number of benzene rings is 1. The molecule has 1 aromatic rings. The molecule has 1 unspecified atom stereocenters. The van der Waals surface area contributed by atoms with Crippen molar-refractivity contribution >= 4 is 11.8 Å². The third kappa shape index (κ3) is 5.42. The first kappa shape index (κ1) is 14.3. The average Bonchev–Trinajstić information content (AvgIpc) is 2.34. The van der Waals surface area contributed by atoms with Crippen molar-refractivity contribution < 1.29 is 0 Å². The van der Waals surface area contributed by atoms with Crippen LogP contribution in [0.15, 0.2) is 41.8 Å². The summed E-state index contributed by atoms with van der Waals surface area (Å²) in [6, 6.07) is 9.17. The van der Waals surface area contributed by atoms with E-state index >= 15 is 0 Å². The summed E-state index contributed by atoms with van der Waals surface area (Å²) < 4.78 is 0. The molecule has 0 radical (unpaired) electrons. The van der Waals surface area contributed by atoms with E-state index in [1.165, 1.54) is 16.9 Å². The normalized spacial score (nSPS) is 12.4. The van der Waals surface area contributed by atoms with Crippen LogP contribution in [0, 0.1) is 6.92 Å². The summed E-state index contributed by atoms with van der Waals surface area (Å²) in [6.07, 6.45) is 4.27. The first-order valence-electron chi connectivity index (χ1n) is 6.30. The lowest BCUT2D eigenvalue weighted by Gasteiger charge is -2.17. The summed E-state index contributed by atoms with van der Waals surface area (Å²) in [4.78, 5) is 1.40. The highest BCUT2D eigenvalue weighted by Gasteiger charge is 2.07. The van der Waals surface area contributed by atoms with Gasteiger partial charge in [0, 0.05) is 16.7 Å². The van der Waals surface area contributed by atoms with E-state index in [2.05, 4.69) is 50.0 Å². The van der Waals surface area contributed by atoms with Gasteiger partial charge >= 0.3 is 0 Å². The standard InChI is InChI=1S/C15H23NS/c1-4-6-10-14(16-5-2)12-17-15-11-8-7-9-13(15)3/h4,7-9,11,14,16H,1,5-6,10,12H2,2-3H3. The molecule has 0 aromatic heterocycles. The van der Waals surface area contributed by atoms with Gasteiger partial charge in [-0.1, -0.05) is 31.2 Å². The molecule has 0 spiro atoms. The van der Waals surface area contributed by atoms with Crippen LogP contribution in [0.4, 0.5) is 0 Å². The van der Waals surface area contributed by atoms with Crippen molar-refractivity contribution in [2.24, 2.45) is 0 Å². The zero-order valence-electron chi connectivity index (χ0n) is 10.9. The summed E-state index contributed by atoms with van der Waals surface area (Å²) >= 11 is 1.95. The predicted octanol–water partition coefficient (Wildman–Crippen LogP) is 4.03. The number of thioether (sulfide) groups is 1. The van der Waals surface area contributed by atoms with Gasteiger partial charge in [-0.25, -0.2) is 0 Å². The first-order valence-corrected chi connectivity index (χ1v) is 7.29. The Morgan fingerprint density at radius 2 is 2.18 bits per heavy atom. The number of aryl methyl sites for hydroxylation is 1. The molecule has 1 aromatic carbocycles. The molecule has 1 rings (SSSR count). The third-order valence-electron chi connectivity index (χ3n) is 2.75. The van der Waals surface area contributed by atoms with Crippen LogP contribution in [-0.2, 0) is 0 Å². The number of hydrogen-bond donors (Lipinski definition) is 1. The fourth-order valence-corrected chi connectivity index (χ4v) is 2.90. The summed E-state index contributed by atoms with van der Waals surface area (Å²) in [5.41, 5.74) is 1.37. The predicted molar refractivity (Wildman–Crippen MR) is 78.8 cm³/mol. The molecule has 0 aliphatic rings. The van der Waals surface area contributed by atoms with Crippen LogP contribution in [-0.4, -0.2) is 18.3 Å². The molecule has 0 saturated carbocycles. The Balaban J connectivity index is 2.45. The maximum Gasteiger partial charge on any atom is 0.0164 e. The van der Waals surface area contributed by atoms with Gasteiger partial charge in [0.15, 0.2) is 0 Å². The molecule has 1 N–H and O–H groups in total. The van der Waals surface area contributed by atoms with E-state index in [0.29, 0.717) is 6.04 Å². The van der Waals surface area contributed by atoms with Crippen LogP contribution in [0.3, 0.4) is 0 Å². The molecule has 0 heterocycles. The maximum atomic E-state index is 3.79. The first-order chi connectivity index (χ1) is 8.27.